The van der Waals surface area contributed by atoms with Crippen LogP contribution in [0.4, 0.5) is 13.2 Å². The molecule has 0 saturated carbocycles. The lowest BCUT2D eigenvalue weighted by Crippen LogP contribution is -2.14. The number of rotatable bonds is 2. The fourth-order valence-electron chi connectivity index (χ4n) is 0.195. The monoisotopic (exact) mass is 138 g/mol. The molecule has 0 aromatic carbocycles. The van der Waals surface area contributed by atoms with E-state index in [0.29, 0.717) is 0 Å². The van der Waals surface area contributed by atoms with Crippen molar-refractivity contribution in [1.29, 1.82) is 0 Å². The van der Waals surface area contributed by atoms with E-state index in [4.69, 9.17) is 0 Å². The van der Waals surface area contributed by atoms with Gasteiger partial charge in [0.2, 0.25) is 0 Å². The Labute approximate surface area is 50.4 Å². The van der Waals surface area contributed by atoms with Crippen LogP contribution in [0.3, 0.4) is 0 Å². The zero-order chi connectivity index (χ0) is 7.33. The highest BCUT2D eigenvalue weighted by atomic mass is 19.4. The Kier molecular flexibility index (Phi) is 2.88. The van der Waals surface area contributed by atoms with E-state index >= 15 is 0 Å². The molecule has 52 valence electrons. The van der Waals surface area contributed by atoms with Crippen LogP contribution < -0.4 is 0 Å². The third kappa shape index (κ3) is 7.11. The molecule has 0 amide bonds. The number of hydrogen-bond acceptors (Lipinski definition) is 1. The molecule has 9 heavy (non-hydrogen) atoms. The molecule has 0 fully saturated rings. The molecule has 0 aromatic heterocycles. The Morgan fingerprint density at radius 3 is 2.44 bits per heavy atom. The summed E-state index contributed by atoms with van der Waals surface area (Å²) in [4.78, 5) is 0. The first-order valence-corrected chi connectivity index (χ1v) is 2.09. The average molecular weight is 138 g/mol. The van der Waals surface area contributed by atoms with E-state index < -0.39 is 12.8 Å². The molecular formula is C5H5F3O. The van der Waals surface area contributed by atoms with Gasteiger partial charge in [0.25, 0.3) is 0 Å². The lowest BCUT2D eigenvalue weighted by molar-refractivity contribution is -0.161. The number of halogens is 3. The van der Waals surface area contributed by atoms with Gasteiger partial charge in [0.05, 0.1) is 0 Å². The summed E-state index contributed by atoms with van der Waals surface area (Å²) in [5.74, 6) is 0. The standard InChI is InChI=1S/C5H5F3O/c1-2-3-9-4-5(6,7)8/h3H,1,4H2. The lowest BCUT2D eigenvalue weighted by Gasteiger charge is -2.02. The largest absolute Gasteiger partial charge is 0.484 e. The molecule has 0 saturated heterocycles. The van der Waals surface area contributed by atoms with E-state index in [1.807, 2.05) is 5.73 Å². The van der Waals surface area contributed by atoms with Gasteiger partial charge in [0.1, 0.15) is 6.26 Å². The van der Waals surface area contributed by atoms with Crippen molar-refractivity contribution >= 4 is 0 Å². The van der Waals surface area contributed by atoms with Crippen molar-refractivity contribution < 1.29 is 17.9 Å². The van der Waals surface area contributed by atoms with Gasteiger partial charge in [-0.25, -0.2) is 0 Å². The Morgan fingerprint density at radius 2 is 2.11 bits per heavy atom. The average Bonchev–Trinajstić information content (AvgIpc) is 1.63. The van der Waals surface area contributed by atoms with Crippen molar-refractivity contribution in [3.8, 4) is 0 Å². The summed E-state index contributed by atoms with van der Waals surface area (Å²) < 4.78 is 37.5. The summed E-state index contributed by atoms with van der Waals surface area (Å²) in [5, 5.41) is 0. The van der Waals surface area contributed by atoms with Gasteiger partial charge in [0, 0.05) is 0 Å². The molecule has 0 unspecified atom stereocenters. The minimum absolute atomic E-state index is 0.771. The van der Waals surface area contributed by atoms with Crippen molar-refractivity contribution in [1.82, 2.24) is 0 Å². The molecule has 0 aliphatic carbocycles. The molecule has 0 spiro atoms. The second kappa shape index (κ2) is 3.20. The first-order valence-electron chi connectivity index (χ1n) is 2.09. The maximum atomic E-state index is 11.2. The van der Waals surface area contributed by atoms with E-state index in [2.05, 4.69) is 11.3 Å². The quantitative estimate of drug-likeness (QED) is 0.418. The second-order valence-electron chi connectivity index (χ2n) is 1.25. The van der Waals surface area contributed by atoms with Crippen LogP contribution in [-0.4, -0.2) is 12.8 Å². The summed E-state index contributed by atoms with van der Waals surface area (Å²) in [6.07, 6.45) is -3.50. The predicted octanol–water partition coefficient (Wildman–Crippen LogP) is 1.86. The summed E-state index contributed by atoms with van der Waals surface area (Å²) >= 11 is 0. The molecule has 0 bridgehead atoms. The molecule has 0 aromatic rings. The van der Waals surface area contributed by atoms with Crippen LogP contribution in [0.15, 0.2) is 18.6 Å². The fourth-order valence-corrected chi connectivity index (χ4v) is 0.195. The van der Waals surface area contributed by atoms with Crippen LogP contribution in [0.5, 0.6) is 0 Å². The third-order valence-corrected chi connectivity index (χ3v) is 0.414. The van der Waals surface area contributed by atoms with Crippen molar-refractivity contribution in [3.63, 3.8) is 0 Å². The van der Waals surface area contributed by atoms with Crippen molar-refractivity contribution in [3.05, 3.63) is 18.6 Å². The van der Waals surface area contributed by atoms with Gasteiger partial charge in [-0.1, -0.05) is 12.3 Å². The van der Waals surface area contributed by atoms with Gasteiger partial charge in [-0.15, -0.1) is 0 Å². The number of ether oxygens (including phenoxy) is 1. The molecular weight excluding hydrogens is 133 g/mol. The highest BCUT2D eigenvalue weighted by Crippen LogP contribution is 2.13. The molecule has 0 heterocycles. The summed E-state index contributed by atoms with van der Waals surface area (Å²) in [6, 6.07) is 0. The molecule has 0 aliphatic rings. The maximum absolute atomic E-state index is 11.2. The van der Waals surface area contributed by atoms with Crippen LogP contribution in [0, 0.1) is 0 Å². The fraction of sp³-hybridized carbons (Fsp3) is 0.400. The van der Waals surface area contributed by atoms with E-state index in [-0.39, 0.29) is 0 Å². The SMILES string of the molecule is C=C=COCC(F)(F)F. The normalized spacial score (nSPS) is 10.1. The van der Waals surface area contributed by atoms with Gasteiger partial charge in [0.15, 0.2) is 6.61 Å². The Bertz CT molecular complexity index is 121. The zero-order valence-electron chi connectivity index (χ0n) is 4.53. The molecule has 0 N–H and O–H groups in total. The molecule has 0 atom stereocenters. The minimum Gasteiger partial charge on any atom is -0.484 e. The predicted molar refractivity (Wildman–Crippen MR) is 25.7 cm³/mol. The summed E-state index contributed by atoms with van der Waals surface area (Å²) in [7, 11) is 0. The number of alkyl halides is 3. The summed E-state index contributed by atoms with van der Waals surface area (Å²) in [5.41, 5.74) is 2.04. The van der Waals surface area contributed by atoms with E-state index in [1.165, 1.54) is 0 Å². The molecule has 1 nitrogen and oxygen atoms in total. The van der Waals surface area contributed by atoms with Gasteiger partial charge < -0.3 is 4.74 Å². The van der Waals surface area contributed by atoms with Crippen molar-refractivity contribution in [2.24, 2.45) is 0 Å². The van der Waals surface area contributed by atoms with Crippen molar-refractivity contribution in [2.45, 2.75) is 6.18 Å². The molecule has 0 aliphatic heterocycles. The Hall–Kier alpha value is -0.890. The molecule has 0 radical (unpaired) electrons. The molecule has 0 rings (SSSR count). The Balaban J connectivity index is 3.39. The van der Waals surface area contributed by atoms with Gasteiger partial charge in [-0.2, -0.15) is 13.2 Å². The third-order valence-electron chi connectivity index (χ3n) is 0.414. The van der Waals surface area contributed by atoms with Crippen LogP contribution in [0.2, 0.25) is 0 Å². The molecule has 4 heteroatoms. The van der Waals surface area contributed by atoms with Crippen LogP contribution in [0.1, 0.15) is 0 Å². The first-order chi connectivity index (χ1) is 4.06. The maximum Gasteiger partial charge on any atom is 0.422 e. The zero-order valence-corrected chi connectivity index (χ0v) is 4.53. The van der Waals surface area contributed by atoms with Gasteiger partial charge >= 0.3 is 6.18 Å². The minimum atomic E-state index is -4.27. The lowest BCUT2D eigenvalue weighted by atomic mass is 10.7. The van der Waals surface area contributed by atoms with Crippen LogP contribution in [0.25, 0.3) is 0 Å². The number of hydrogen-bond donors (Lipinski definition) is 0. The highest BCUT2D eigenvalue weighted by Gasteiger charge is 2.27. The van der Waals surface area contributed by atoms with Crippen molar-refractivity contribution in [2.75, 3.05) is 6.61 Å². The van der Waals surface area contributed by atoms with Crippen LogP contribution >= 0.6 is 0 Å². The van der Waals surface area contributed by atoms with Gasteiger partial charge in [-0.05, 0) is 0 Å². The van der Waals surface area contributed by atoms with Gasteiger partial charge in [-0.3, -0.25) is 0 Å². The van der Waals surface area contributed by atoms with E-state index in [1.54, 1.807) is 0 Å². The topological polar surface area (TPSA) is 9.23 Å². The van der Waals surface area contributed by atoms with E-state index in [0.717, 1.165) is 6.26 Å². The second-order valence-corrected chi connectivity index (χ2v) is 1.25. The first kappa shape index (κ1) is 8.11. The Morgan fingerprint density at radius 1 is 1.56 bits per heavy atom. The van der Waals surface area contributed by atoms with E-state index in [9.17, 15) is 13.2 Å². The van der Waals surface area contributed by atoms with Crippen LogP contribution in [-0.2, 0) is 4.74 Å². The smallest absolute Gasteiger partial charge is 0.422 e. The summed E-state index contributed by atoms with van der Waals surface area (Å²) in [6.45, 7) is 1.73. The highest BCUT2D eigenvalue weighted by molar-refractivity contribution is 4.65.